The number of hydrogen-bond donors (Lipinski definition) is 0. The first-order valence-electron chi connectivity index (χ1n) is 3.30. The lowest BCUT2D eigenvalue weighted by Gasteiger charge is -1.81. The van der Waals surface area contributed by atoms with Gasteiger partial charge in [0.05, 0.1) is 5.29 Å². The fourth-order valence-corrected chi connectivity index (χ4v) is 1.12. The summed E-state index contributed by atoms with van der Waals surface area (Å²) in [5, 5.41) is 4.84. The Labute approximate surface area is 63.2 Å². The van der Waals surface area contributed by atoms with Crippen molar-refractivity contribution in [3.63, 3.8) is 0 Å². The molecule has 0 atom stereocenters. The van der Waals surface area contributed by atoms with Gasteiger partial charge in [-0.05, 0) is 0 Å². The van der Waals surface area contributed by atoms with Gasteiger partial charge >= 0.3 is 0 Å². The summed E-state index contributed by atoms with van der Waals surface area (Å²) in [6.45, 7) is 0. The highest BCUT2D eigenvalue weighted by Gasteiger charge is 1.94. The SMILES string of the molecule is O=Nn1cc2ccccc2c1. The normalized spacial score (nSPS) is 10.2. The first-order valence-corrected chi connectivity index (χ1v) is 3.30. The van der Waals surface area contributed by atoms with Gasteiger partial charge in [0.25, 0.3) is 0 Å². The summed E-state index contributed by atoms with van der Waals surface area (Å²) < 4.78 is 1.27. The van der Waals surface area contributed by atoms with Crippen LogP contribution in [0.25, 0.3) is 10.8 Å². The van der Waals surface area contributed by atoms with Gasteiger partial charge in [-0.15, -0.1) is 4.91 Å². The molecule has 1 aromatic carbocycles. The first kappa shape index (κ1) is 6.09. The number of nitroso groups, excluding NO2 is 1. The molecule has 1 heterocycles. The summed E-state index contributed by atoms with van der Waals surface area (Å²) in [6.07, 6.45) is 3.39. The average molecular weight is 146 g/mol. The van der Waals surface area contributed by atoms with E-state index in [9.17, 15) is 4.91 Å². The van der Waals surface area contributed by atoms with E-state index < -0.39 is 0 Å². The van der Waals surface area contributed by atoms with Crippen molar-refractivity contribution >= 4 is 10.8 Å². The average Bonchev–Trinajstić information content (AvgIpc) is 2.46. The highest BCUT2D eigenvalue weighted by molar-refractivity contribution is 5.81. The van der Waals surface area contributed by atoms with Crippen LogP contribution in [0.2, 0.25) is 0 Å². The molecule has 3 heteroatoms. The standard InChI is InChI=1S/C8H6N2O/c11-9-10-5-7-3-1-2-4-8(7)6-10/h1-6H. The largest absolute Gasteiger partial charge is 0.211 e. The molecule has 0 fully saturated rings. The van der Waals surface area contributed by atoms with Gasteiger partial charge in [-0.25, -0.2) is 4.68 Å². The molecule has 54 valence electrons. The summed E-state index contributed by atoms with van der Waals surface area (Å²) in [5.41, 5.74) is 0. The summed E-state index contributed by atoms with van der Waals surface area (Å²) >= 11 is 0. The number of aromatic nitrogens is 1. The molecular formula is C8H6N2O. The van der Waals surface area contributed by atoms with Crippen molar-refractivity contribution in [3.8, 4) is 0 Å². The number of nitrogens with zero attached hydrogens (tertiary/aromatic N) is 2. The van der Waals surface area contributed by atoms with Crippen LogP contribution in [0.15, 0.2) is 41.9 Å². The van der Waals surface area contributed by atoms with Crippen molar-refractivity contribution in [1.82, 2.24) is 4.68 Å². The lowest BCUT2D eigenvalue weighted by molar-refractivity contribution is 0.881. The minimum atomic E-state index is 1.03. The van der Waals surface area contributed by atoms with E-state index in [1.54, 1.807) is 12.4 Å². The van der Waals surface area contributed by atoms with Crippen molar-refractivity contribution in [2.24, 2.45) is 5.29 Å². The van der Waals surface area contributed by atoms with E-state index in [1.807, 2.05) is 24.3 Å². The molecule has 0 N–H and O–H groups in total. The van der Waals surface area contributed by atoms with Gasteiger partial charge < -0.3 is 0 Å². The Kier molecular flexibility index (Phi) is 1.22. The molecule has 2 rings (SSSR count). The molecule has 0 bridgehead atoms. The zero-order valence-electron chi connectivity index (χ0n) is 5.77. The molecule has 0 amide bonds. The van der Waals surface area contributed by atoms with E-state index in [0.29, 0.717) is 0 Å². The fraction of sp³-hybridized carbons (Fsp3) is 0. The zero-order valence-corrected chi connectivity index (χ0v) is 5.77. The predicted molar refractivity (Wildman–Crippen MR) is 43.1 cm³/mol. The van der Waals surface area contributed by atoms with E-state index in [0.717, 1.165) is 10.8 Å². The second-order valence-corrected chi connectivity index (χ2v) is 2.35. The molecule has 2 aromatic rings. The minimum Gasteiger partial charge on any atom is -0.211 e. The number of rotatable bonds is 1. The molecule has 0 saturated carbocycles. The molecule has 0 radical (unpaired) electrons. The highest BCUT2D eigenvalue weighted by Crippen LogP contribution is 2.13. The van der Waals surface area contributed by atoms with Gasteiger partial charge in [0.2, 0.25) is 0 Å². The molecule has 0 saturated heterocycles. The van der Waals surface area contributed by atoms with Gasteiger partial charge in [0.15, 0.2) is 0 Å². The third kappa shape index (κ3) is 0.902. The van der Waals surface area contributed by atoms with Crippen LogP contribution < -0.4 is 0 Å². The van der Waals surface area contributed by atoms with Crippen molar-refractivity contribution in [2.75, 3.05) is 0 Å². The molecule has 0 spiro atoms. The summed E-state index contributed by atoms with van der Waals surface area (Å²) in [5.74, 6) is 0. The lowest BCUT2D eigenvalue weighted by Crippen LogP contribution is -1.75. The zero-order chi connectivity index (χ0) is 7.68. The van der Waals surface area contributed by atoms with Crippen LogP contribution >= 0.6 is 0 Å². The van der Waals surface area contributed by atoms with Crippen molar-refractivity contribution in [1.29, 1.82) is 0 Å². The lowest BCUT2D eigenvalue weighted by atomic mass is 10.2. The van der Waals surface area contributed by atoms with E-state index in [4.69, 9.17) is 0 Å². The predicted octanol–water partition coefficient (Wildman–Crippen LogP) is 2.17. The molecule has 1 aromatic heterocycles. The van der Waals surface area contributed by atoms with Crippen molar-refractivity contribution in [2.45, 2.75) is 0 Å². The maximum atomic E-state index is 10.1. The monoisotopic (exact) mass is 146 g/mol. The topological polar surface area (TPSA) is 34.4 Å². The third-order valence-electron chi connectivity index (χ3n) is 1.63. The van der Waals surface area contributed by atoms with E-state index >= 15 is 0 Å². The third-order valence-corrected chi connectivity index (χ3v) is 1.63. The van der Waals surface area contributed by atoms with Crippen LogP contribution in [0.1, 0.15) is 0 Å². The highest BCUT2D eigenvalue weighted by atomic mass is 16.3. The Morgan fingerprint density at radius 2 is 1.64 bits per heavy atom. The van der Waals surface area contributed by atoms with Gasteiger partial charge in [-0.3, -0.25) is 0 Å². The molecule has 0 aliphatic heterocycles. The first-order chi connectivity index (χ1) is 5.40. The smallest absolute Gasteiger partial charge is 0.0613 e. The van der Waals surface area contributed by atoms with Crippen LogP contribution in [0.3, 0.4) is 0 Å². The summed E-state index contributed by atoms with van der Waals surface area (Å²) in [7, 11) is 0. The quantitative estimate of drug-likeness (QED) is 0.567. The second-order valence-electron chi connectivity index (χ2n) is 2.35. The molecule has 0 aliphatic carbocycles. The van der Waals surface area contributed by atoms with Gasteiger partial charge in [-0.2, -0.15) is 0 Å². The van der Waals surface area contributed by atoms with Crippen molar-refractivity contribution < 1.29 is 0 Å². The van der Waals surface area contributed by atoms with E-state index in [-0.39, 0.29) is 0 Å². The Balaban J connectivity index is 2.78. The Hall–Kier alpha value is -1.64. The van der Waals surface area contributed by atoms with Gasteiger partial charge in [-0.1, -0.05) is 24.3 Å². The minimum absolute atomic E-state index is 1.03. The summed E-state index contributed by atoms with van der Waals surface area (Å²) in [6, 6.07) is 7.74. The van der Waals surface area contributed by atoms with Crippen LogP contribution in [0.5, 0.6) is 0 Å². The molecule has 3 nitrogen and oxygen atoms in total. The number of hydrogen-bond acceptors (Lipinski definition) is 2. The number of fused-ring (bicyclic) bond motifs is 1. The maximum Gasteiger partial charge on any atom is 0.0613 e. The van der Waals surface area contributed by atoms with E-state index in [1.165, 1.54) is 4.68 Å². The van der Waals surface area contributed by atoms with Crippen molar-refractivity contribution in [3.05, 3.63) is 41.6 Å². The molecular weight excluding hydrogens is 140 g/mol. The van der Waals surface area contributed by atoms with Crippen LogP contribution in [0.4, 0.5) is 0 Å². The van der Waals surface area contributed by atoms with Gasteiger partial charge in [0.1, 0.15) is 0 Å². The van der Waals surface area contributed by atoms with Crippen LogP contribution in [-0.4, -0.2) is 4.68 Å². The van der Waals surface area contributed by atoms with E-state index in [2.05, 4.69) is 5.29 Å². The Morgan fingerprint density at radius 3 is 2.09 bits per heavy atom. The molecule has 0 aliphatic rings. The Bertz CT molecular complexity index is 359. The summed E-state index contributed by atoms with van der Waals surface area (Å²) in [4.78, 5) is 10.1. The Morgan fingerprint density at radius 1 is 1.09 bits per heavy atom. The number of benzene rings is 1. The fourth-order valence-electron chi connectivity index (χ4n) is 1.12. The van der Waals surface area contributed by atoms with Crippen LogP contribution in [0, 0.1) is 4.91 Å². The van der Waals surface area contributed by atoms with Gasteiger partial charge in [0, 0.05) is 23.2 Å². The van der Waals surface area contributed by atoms with Crippen LogP contribution in [-0.2, 0) is 0 Å². The second kappa shape index (κ2) is 2.20. The maximum absolute atomic E-state index is 10.1. The molecule has 0 unspecified atom stereocenters. The molecule has 11 heavy (non-hydrogen) atoms.